The van der Waals surface area contributed by atoms with Gasteiger partial charge in [0.25, 0.3) is 0 Å². The van der Waals surface area contributed by atoms with Gasteiger partial charge in [0.05, 0.1) is 0 Å². The Hall–Kier alpha value is -1.32. The number of hydrogen-bond donors (Lipinski definition) is 2. The zero-order chi connectivity index (χ0) is 13.7. The zero-order valence-corrected chi connectivity index (χ0v) is 11.9. The van der Waals surface area contributed by atoms with Crippen molar-refractivity contribution < 1.29 is 5.11 Å². The van der Waals surface area contributed by atoms with Crippen molar-refractivity contribution in [3.63, 3.8) is 0 Å². The van der Waals surface area contributed by atoms with Crippen LogP contribution in [-0.2, 0) is 13.1 Å². The Labute approximate surface area is 115 Å². The Balaban J connectivity index is 2.21. The summed E-state index contributed by atoms with van der Waals surface area (Å²) in [5.41, 5.74) is 2.61. The molecule has 0 spiro atoms. The number of fused-ring (bicyclic) bond motifs is 1. The van der Waals surface area contributed by atoms with Gasteiger partial charge in [-0.15, -0.1) is 0 Å². The highest BCUT2D eigenvalue weighted by molar-refractivity contribution is 5.83. The van der Waals surface area contributed by atoms with E-state index in [1.54, 1.807) is 0 Å². The number of rotatable bonds is 7. The summed E-state index contributed by atoms with van der Waals surface area (Å²) in [7, 11) is 0. The third-order valence-corrected chi connectivity index (χ3v) is 3.47. The molecule has 0 aliphatic rings. The van der Waals surface area contributed by atoms with Gasteiger partial charge in [-0.1, -0.05) is 26.0 Å². The minimum absolute atomic E-state index is 0.234. The van der Waals surface area contributed by atoms with Crippen molar-refractivity contribution >= 4 is 10.9 Å². The highest BCUT2D eigenvalue weighted by Gasteiger charge is 2.07. The molecule has 1 aromatic carbocycles. The van der Waals surface area contributed by atoms with E-state index < -0.39 is 0 Å². The number of benzene rings is 1. The van der Waals surface area contributed by atoms with E-state index in [1.165, 1.54) is 16.5 Å². The Morgan fingerprint density at radius 1 is 1.32 bits per heavy atom. The van der Waals surface area contributed by atoms with Gasteiger partial charge in [-0.25, -0.2) is 0 Å². The van der Waals surface area contributed by atoms with Crippen LogP contribution in [0.5, 0.6) is 0 Å². The van der Waals surface area contributed by atoms with Gasteiger partial charge in [-0.3, -0.25) is 0 Å². The SMILES string of the molecule is CCCNCc1cccc2c1ccn2CC(C)CO. The second-order valence-electron chi connectivity index (χ2n) is 5.28. The van der Waals surface area contributed by atoms with Gasteiger partial charge in [0, 0.05) is 36.8 Å². The highest BCUT2D eigenvalue weighted by Crippen LogP contribution is 2.21. The van der Waals surface area contributed by atoms with Gasteiger partial charge in [-0.2, -0.15) is 0 Å². The van der Waals surface area contributed by atoms with Crippen LogP contribution >= 0.6 is 0 Å². The molecule has 0 saturated carbocycles. The molecule has 0 fully saturated rings. The maximum absolute atomic E-state index is 9.18. The van der Waals surface area contributed by atoms with Gasteiger partial charge >= 0.3 is 0 Å². The van der Waals surface area contributed by atoms with E-state index in [4.69, 9.17) is 0 Å². The first-order valence-corrected chi connectivity index (χ1v) is 7.14. The Morgan fingerprint density at radius 2 is 2.16 bits per heavy atom. The quantitative estimate of drug-likeness (QED) is 0.751. The molecule has 0 aliphatic heterocycles. The van der Waals surface area contributed by atoms with Gasteiger partial charge in [0.15, 0.2) is 0 Å². The van der Waals surface area contributed by atoms with Crippen LogP contribution in [0, 0.1) is 5.92 Å². The molecule has 0 saturated heterocycles. The van der Waals surface area contributed by atoms with E-state index in [9.17, 15) is 5.11 Å². The van der Waals surface area contributed by atoms with E-state index in [2.05, 4.69) is 54.2 Å². The van der Waals surface area contributed by atoms with Crippen molar-refractivity contribution in [1.82, 2.24) is 9.88 Å². The predicted molar refractivity (Wildman–Crippen MR) is 80.2 cm³/mol. The predicted octanol–water partition coefficient (Wildman–Crippen LogP) is 2.77. The number of nitrogens with one attached hydrogen (secondary N) is 1. The fourth-order valence-electron chi connectivity index (χ4n) is 2.39. The average molecular weight is 260 g/mol. The van der Waals surface area contributed by atoms with Crippen molar-refractivity contribution in [2.45, 2.75) is 33.4 Å². The fraction of sp³-hybridized carbons (Fsp3) is 0.500. The van der Waals surface area contributed by atoms with Crippen LogP contribution in [0.25, 0.3) is 10.9 Å². The molecule has 1 atom stereocenters. The second-order valence-corrected chi connectivity index (χ2v) is 5.28. The molecule has 2 N–H and O–H groups in total. The van der Waals surface area contributed by atoms with E-state index in [1.807, 2.05) is 0 Å². The average Bonchev–Trinajstić information content (AvgIpc) is 2.83. The van der Waals surface area contributed by atoms with Gasteiger partial charge in [0.1, 0.15) is 0 Å². The first-order chi connectivity index (χ1) is 9.26. The summed E-state index contributed by atoms with van der Waals surface area (Å²) in [4.78, 5) is 0. The Morgan fingerprint density at radius 3 is 2.89 bits per heavy atom. The molecule has 0 aliphatic carbocycles. The molecular formula is C16H24N2O. The first-order valence-electron chi connectivity index (χ1n) is 7.14. The fourth-order valence-corrected chi connectivity index (χ4v) is 2.39. The molecule has 0 radical (unpaired) electrons. The smallest absolute Gasteiger partial charge is 0.0483 e. The summed E-state index contributed by atoms with van der Waals surface area (Å²) in [6.45, 7) is 7.32. The molecule has 19 heavy (non-hydrogen) atoms. The largest absolute Gasteiger partial charge is 0.396 e. The van der Waals surface area contributed by atoms with Crippen LogP contribution in [-0.4, -0.2) is 22.8 Å². The number of hydrogen-bond acceptors (Lipinski definition) is 2. The van der Waals surface area contributed by atoms with Crippen LogP contribution in [0.4, 0.5) is 0 Å². The van der Waals surface area contributed by atoms with E-state index in [0.29, 0.717) is 0 Å². The molecule has 0 bridgehead atoms. The van der Waals surface area contributed by atoms with Crippen LogP contribution in [0.15, 0.2) is 30.5 Å². The second kappa shape index (κ2) is 6.73. The Bertz CT molecular complexity index is 518. The van der Waals surface area contributed by atoms with Crippen molar-refractivity contribution in [3.05, 3.63) is 36.0 Å². The molecule has 1 heterocycles. The third kappa shape index (κ3) is 3.37. The van der Waals surface area contributed by atoms with Crippen LogP contribution in [0.2, 0.25) is 0 Å². The summed E-state index contributed by atoms with van der Waals surface area (Å²) in [6, 6.07) is 8.64. The standard InChI is InChI=1S/C16H24N2O/c1-3-8-17-10-14-5-4-6-16-15(14)7-9-18(16)11-13(2)12-19/h4-7,9,13,17,19H,3,8,10-12H2,1-2H3. The molecule has 1 aromatic heterocycles. The molecule has 1 unspecified atom stereocenters. The topological polar surface area (TPSA) is 37.2 Å². The normalized spacial score (nSPS) is 13.0. The number of aliphatic hydroxyl groups excluding tert-OH is 1. The zero-order valence-electron chi connectivity index (χ0n) is 11.9. The lowest BCUT2D eigenvalue weighted by Gasteiger charge is -2.11. The molecule has 0 amide bonds. The maximum atomic E-state index is 9.18. The van der Waals surface area contributed by atoms with E-state index in [-0.39, 0.29) is 12.5 Å². The number of aromatic nitrogens is 1. The highest BCUT2D eigenvalue weighted by atomic mass is 16.3. The van der Waals surface area contributed by atoms with Crippen molar-refractivity contribution in [3.8, 4) is 0 Å². The molecule has 3 nitrogen and oxygen atoms in total. The van der Waals surface area contributed by atoms with Crippen molar-refractivity contribution in [1.29, 1.82) is 0 Å². The molecule has 3 heteroatoms. The first kappa shape index (κ1) is 14.1. The lowest BCUT2D eigenvalue weighted by Crippen LogP contribution is -2.14. The lowest BCUT2D eigenvalue weighted by molar-refractivity contribution is 0.224. The van der Waals surface area contributed by atoms with E-state index >= 15 is 0 Å². The third-order valence-electron chi connectivity index (χ3n) is 3.47. The summed E-state index contributed by atoms with van der Waals surface area (Å²) in [6.07, 6.45) is 3.28. The minimum Gasteiger partial charge on any atom is -0.396 e. The van der Waals surface area contributed by atoms with Crippen LogP contribution < -0.4 is 5.32 Å². The van der Waals surface area contributed by atoms with Gasteiger partial charge < -0.3 is 15.0 Å². The summed E-state index contributed by atoms with van der Waals surface area (Å²) >= 11 is 0. The summed E-state index contributed by atoms with van der Waals surface area (Å²) < 4.78 is 2.24. The summed E-state index contributed by atoms with van der Waals surface area (Å²) in [5, 5.41) is 14.0. The Kier molecular flexibility index (Phi) is 5.00. The molecular weight excluding hydrogens is 236 g/mol. The van der Waals surface area contributed by atoms with Crippen molar-refractivity contribution in [2.75, 3.05) is 13.2 Å². The molecule has 104 valence electrons. The van der Waals surface area contributed by atoms with Crippen LogP contribution in [0.1, 0.15) is 25.8 Å². The number of aliphatic hydroxyl groups is 1. The summed E-state index contributed by atoms with van der Waals surface area (Å²) in [5.74, 6) is 0.289. The molecule has 2 rings (SSSR count). The number of nitrogens with zero attached hydrogens (tertiary/aromatic N) is 1. The van der Waals surface area contributed by atoms with Gasteiger partial charge in [0.2, 0.25) is 0 Å². The van der Waals surface area contributed by atoms with Crippen molar-refractivity contribution in [2.24, 2.45) is 5.92 Å². The van der Waals surface area contributed by atoms with E-state index in [0.717, 1.165) is 26.1 Å². The van der Waals surface area contributed by atoms with Crippen LogP contribution in [0.3, 0.4) is 0 Å². The van der Waals surface area contributed by atoms with Gasteiger partial charge in [-0.05, 0) is 36.6 Å². The lowest BCUT2D eigenvalue weighted by atomic mass is 10.1. The molecule has 2 aromatic rings. The minimum atomic E-state index is 0.234. The monoisotopic (exact) mass is 260 g/mol. The maximum Gasteiger partial charge on any atom is 0.0483 e.